The molecule has 5 heteroatoms. The summed E-state index contributed by atoms with van der Waals surface area (Å²) in [7, 11) is 0. The summed E-state index contributed by atoms with van der Waals surface area (Å²) < 4.78 is 7.67. The summed E-state index contributed by atoms with van der Waals surface area (Å²) in [5, 5.41) is 11.2. The molecule has 1 aliphatic rings. The fraction of sp³-hybridized carbons (Fsp3) is 0.103. The Labute approximate surface area is 197 Å². The molecule has 0 aliphatic carbocycles. The van der Waals surface area contributed by atoms with Gasteiger partial charge in [-0.1, -0.05) is 78.9 Å². The summed E-state index contributed by atoms with van der Waals surface area (Å²) in [6.45, 7) is 0.481. The van der Waals surface area contributed by atoms with Crippen LogP contribution in [-0.4, -0.2) is 26.1 Å². The molecule has 0 unspecified atom stereocenters. The number of rotatable bonds is 5. The fourth-order valence-corrected chi connectivity index (χ4v) is 4.40. The number of para-hydroxylation sites is 1. The third-order valence-corrected chi connectivity index (χ3v) is 6.09. The quantitative estimate of drug-likeness (QED) is 0.376. The summed E-state index contributed by atoms with van der Waals surface area (Å²) >= 11 is 0. The molecule has 0 bridgehead atoms. The van der Waals surface area contributed by atoms with E-state index in [0.717, 1.165) is 39.4 Å². The second-order valence-corrected chi connectivity index (χ2v) is 8.48. The van der Waals surface area contributed by atoms with Crippen LogP contribution in [0.5, 0.6) is 11.6 Å². The van der Waals surface area contributed by atoms with E-state index in [1.165, 1.54) is 0 Å². The highest BCUT2D eigenvalue weighted by atomic mass is 16.5. The molecule has 2 aromatic heterocycles. The molecular formula is C29H23N3O2. The van der Waals surface area contributed by atoms with E-state index >= 15 is 0 Å². The van der Waals surface area contributed by atoms with Gasteiger partial charge in [0.05, 0.1) is 11.4 Å². The number of imidazole rings is 1. The summed E-state index contributed by atoms with van der Waals surface area (Å²) in [4.78, 5) is 9.81. The van der Waals surface area contributed by atoms with Crippen molar-refractivity contribution in [1.82, 2.24) is 14.4 Å². The Morgan fingerprint density at radius 2 is 1.53 bits per heavy atom. The van der Waals surface area contributed by atoms with Gasteiger partial charge in [-0.25, -0.2) is 9.97 Å². The van der Waals surface area contributed by atoms with Crippen molar-refractivity contribution in [2.45, 2.75) is 12.8 Å². The van der Waals surface area contributed by atoms with E-state index in [9.17, 15) is 5.11 Å². The molecule has 3 aromatic carbocycles. The highest BCUT2D eigenvalue weighted by molar-refractivity contribution is 5.65. The van der Waals surface area contributed by atoms with Gasteiger partial charge in [0.2, 0.25) is 5.88 Å². The van der Waals surface area contributed by atoms with E-state index in [2.05, 4.69) is 18.2 Å². The second-order valence-electron chi connectivity index (χ2n) is 8.48. The number of benzene rings is 3. The van der Waals surface area contributed by atoms with Gasteiger partial charge >= 0.3 is 0 Å². The minimum Gasteiger partial charge on any atom is -0.493 e. The molecule has 5 aromatic rings. The van der Waals surface area contributed by atoms with Gasteiger partial charge in [0.25, 0.3) is 0 Å². The van der Waals surface area contributed by atoms with Crippen LogP contribution in [0.15, 0.2) is 96.7 Å². The van der Waals surface area contributed by atoms with E-state index in [1.807, 2.05) is 79.0 Å². The molecule has 1 aliphatic heterocycles. The molecule has 34 heavy (non-hydrogen) atoms. The lowest BCUT2D eigenvalue weighted by molar-refractivity contribution is 0.343. The first-order chi connectivity index (χ1) is 16.7. The SMILES string of the molecule is Oc1c(CC2=Cc3ccccc3OC2)nc2c(Cc3ccccc3)nc(-c3ccccc3)cn12. The Morgan fingerprint density at radius 3 is 2.35 bits per heavy atom. The largest absolute Gasteiger partial charge is 0.493 e. The fourth-order valence-electron chi connectivity index (χ4n) is 4.40. The van der Waals surface area contributed by atoms with Gasteiger partial charge < -0.3 is 9.84 Å². The molecule has 5 nitrogen and oxygen atoms in total. The Morgan fingerprint density at radius 1 is 0.794 bits per heavy atom. The lowest BCUT2D eigenvalue weighted by atomic mass is 10.0. The molecule has 0 amide bonds. The van der Waals surface area contributed by atoms with Crippen LogP contribution in [0.2, 0.25) is 0 Å². The maximum absolute atomic E-state index is 11.2. The zero-order chi connectivity index (χ0) is 22.9. The lowest BCUT2D eigenvalue weighted by Crippen LogP contribution is -2.09. The highest BCUT2D eigenvalue weighted by Crippen LogP contribution is 2.31. The molecule has 0 atom stereocenters. The van der Waals surface area contributed by atoms with Crippen molar-refractivity contribution < 1.29 is 9.84 Å². The monoisotopic (exact) mass is 445 g/mol. The predicted molar refractivity (Wildman–Crippen MR) is 133 cm³/mol. The Balaban J connectivity index is 1.44. The smallest absolute Gasteiger partial charge is 0.219 e. The van der Waals surface area contributed by atoms with Crippen LogP contribution >= 0.6 is 0 Å². The number of aromatic hydroxyl groups is 1. The van der Waals surface area contributed by atoms with Crippen LogP contribution in [0.25, 0.3) is 23.0 Å². The summed E-state index contributed by atoms with van der Waals surface area (Å²) in [6.07, 6.45) is 5.13. The topological polar surface area (TPSA) is 59.7 Å². The Hall–Kier alpha value is -4.38. The van der Waals surface area contributed by atoms with Gasteiger partial charge in [0.15, 0.2) is 5.65 Å². The van der Waals surface area contributed by atoms with Gasteiger partial charge in [-0.2, -0.15) is 0 Å². The standard InChI is InChI=1S/C29H23N3O2/c33-29-25(17-21-15-23-13-7-8-14-27(23)34-19-21)31-28-24(16-20-9-3-1-4-10-20)30-26(18-32(28)29)22-11-5-2-6-12-22/h1-15,18,33H,16-17,19H2. The molecule has 0 radical (unpaired) electrons. The van der Waals surface area contributed by atoms with Gasteiger partial charge in [0.1, 0.15) is 18.1 Å². The van der Waals surface area contributed by atoms with E-state index < -0.39 is 0 Å². The first-order valence-corrected chi connectivity index (χ1v) is 11.3. The molecule has 0 fully saturated rings. The minimum absolute atomic E-state index is 0.142. The van der Waals surface area contributed by atoms with E-state index in [1.54, 1.807) is 4.40 Å². The van der Waals surface area contributed by atoms with Gasteiger partial charge in [-0.3, -0.25) is 4.40 Å². The van der Waals surface area contributed by atoms with Gasteiger partial charge in [-0.05, 0) is 23.3 Å². The molecule has 0 saturated heterocycles. The Kier molecular flexibility index (Phi) is 5.07. The lowest BCUT2D eigenvalue weighted by Gasteiger charge is -2.17. The second kappa shape index (κ2) is 8.52. The molecule has 3 heterocycles. The predicted octanol–water partition coefficient (Wildman–Crippen LogP) is 5.71. The molecule has 1 N–H and O–H groups in total. The third kappa shape index (κ3) is 3.82. The van der Waals surface area contributed by atoms with Crippen LogP contribution in [0.3, 0.4) is 0 Å². The maximum atomic E-state index is 11.2. The third-order valence-electron chi connectivity index (χ3n) is 6.09. The van der Waals surface area contributed by atoms with Crippen LogP contribution < -0.4 is 4.74 Å². The number of aromatic nitrogens is 3. The van der Waals surface area contributed by atoms with E-state index in [-0.39, 0.29) is 5.88 Å². The van der Waals surface area contributed by atoms with E-state index in [4.69, 9.17) is 14.7 Å². The average Bonchev–Trinajstić information content (AvgIpc) is 3.20. The maximum Gasteiger partial charge on any atom is 0.219 e. The number of ether oxygens (including phenoxy) is 1. The molecule has 0 spiro atoms. The van der Waals surface area contributed by atoms with Crippen LogP contribution in [0.1, 0.15) is 22.5 Å². The molecule has 166 valence electrons. The molecular weight excluding hydrogens is 422 g/mol. The summed E-state index contributed by atoms with van der Waals surface area (Å²) in [5.74, 6) is 1.02. The van der Waals surface area contributed by atoms with Crippen molar-refractivity contribution in [1.29, 1.82) is 0 Å². The zero-order valence-corrected chi connectivity index (χ0v) is 18.6. The van der Waals surface area contributed by atoms with Crippen LogP contribution in [0.4, 0.5) is 0 Å². The van der Waals surface area contributed by atoms with E-state index in [0.29, 0.717) is 30.8 Å². The van der Waals surface area contributed by atoms with Crippen LogP contribution in [0, 0.1) is 0 Å². The van der Waals surface area contributed by atoms with Crippen molar-refractivity contribution in [2.24, 2.45) is 0 Å². The van der Waals surface area contributed by atoms with Crippen molar-refractivity contribution >= 4 is 11.7 Å². The van der Waals surface area contributed by atoms with Gasteiger partial charge in [0, 0.05) is 30.2 Å². The summed E-state index contributed by atoms with van der Waals surface area (Å²) in [6, 6.07) is 28.2. The van der Waals surface area contributed by atoms with Crippen molar-refractivity contribution in [2.75, 3.05) is 6.61 Å². The number of hydrogen-bond donors (Lipinski definition) is 1. The first-order valence-electron chi connectivity index (χ1n) is 11.3. The number of hydrogen-bond acceptors (Lipinski definition) is 4. The average molecular weight is 446 g/mol. The zero-order valence-electron chi connectivity index (χ0n) is 18.6. The normalized spacial score (nSPS) is 12.8. The van der Waals surface area contributed by atoms with Crippen molar-refractivity contribution in [3.8, 4) is 22.9 Å². The first kappa shape index (κ1) is 20.2. The summed E-state index contributed by atoms with van der Waals surface area (Å²) in [5.41, 5.74) is 7.17. The molecule has 6 rings (SSSR count). The minimum atomic E-state index is 0.142. The van der Waals surface area contributed by atoms with Crippen LogP contribution in [-0.2, 0) is 12.8 Å². The number of fused-ring (bicyclic) bond motifs is 2. The van der Waals surface area contributed by atoms with Gasteiger partial charge in [-0.15, -0.1) is 0 Å². The molecule has 0 saturated carbocycles. The Bertz CT molecular complexity index is 1510. The number of nitrogens with zero attached hydrogens (tertiary/aromatic N) is 3. The van der Waals surface area contributed by atoms with Crippen molar-refractivity contribution in [3.05, 3.63) is 119 Å². The van der Waals surface area contributed by atoms with Crippen molar-refractivity contribution in [3.63, 3.8) is 0 Å². The highest BCUT2D eigenvalue weighted by Gasteiger charge is 2.20.